The highest BCUT2D eigenvalue weighted by atomic mass is 15.3. The highest BCUT2D eigenvalue weighted by Crippen LogP contribution is 2.24. The van der Waals surface area contributed by atoms with Crippen molar-refractivity contribution in [3.05, 3.63) is 53.7 Å². The van der Waals surface area contributed by atoms with Crippen LogP contribution in [-0.2, 0) is 6.54 Å². The SMILES string of the molecule is CC(C)c1cnn2c(NCc3ccccc3)cc(NCCCN3CCNCC3)nc12. The van der Waals surface area contributed by atoms with Gasteiger partial charge in [0.15, 0.2) is 5.65 Å². The molecule has 0 amide bonds. The zero-order valence-corrected chi connectivity index (χ0v) is 18.1. The predicted octanol–water partition coefficient (Wildman–Crippen LogP) is 3.17. The molecule has 0 aliphatic carbocycles. The van der Waals surface area contributed by atoms with Gasteiger partial charge in [0, 0.05) is 50.9 Å². The quantitative estimate of drug-likeness (QED) is 0.474. The minimum absolute atomic E-state index is 0.375. The zero-order valence-electron chi connectivity index (χ0n) is 18.1. The Morgan fingerprint density at radius 2 is 1.90 bits per heavy atom. The van der Waals surface area contributed by atoms with Gasteiger partial charge in [-0.15, -0.1) is 0 Å². The first-order chi connectivity index (χ1) is 14.7. The highest BCUT2D eigenvalue weighted by molar-refractivity contribution is 5.61. The fourth-order valence-electron chi connectivity index (χ4n) is 3.85. The van der Waals surface area contributed by atoms with Gasteiger partial charge in [0.1, 0.15) is 11.6 Å². The topological polar surface area (TPSA) is 69.5 Å². The average Bonchev–Trinajstić information content (AvgIpc) is 3.21. The second-order valence-electron chi connectivity index (χ2n) is 8.23. The number of aromatic nitrogens is 3. The van der Waals surface area contributed by atoms with E-state index in [4.69, 9.17) is 4.98 Å². The summed E-state index contributed by atoms with van der Waals surface area (Å²) < 4.78 is 1.92. The molecule has 3 aromatic rings. The Bertz CT molecular complexity index is 929. The average molecular weight is 408 g/mol. The molecule has 1 aromatic carbocycles. The molecule has 3 heterocycles. The van der Waals surface area contributed by atoms with E-state index in [1.165, 1.54) is 11.1 Å². The molecule has 0 bridgehead atoms. The fourth-order valence-corrected chi connectivity index (χ4v) is 3.85. The van der Waals surface area contributed by atoms with Crippen molar-refractivity contribution in [3.63, 3.8) is 0 Å². The second-order valence-corrected chi connectivity index (χ2v) is 8.23. The Morgan fingerprint density at radius 3 is 2.67 bits per heavy atom. The lowest BCUT2D eigenvalue weighted by atomic mass is 10.1. The van der Waals surface area contributed by atoms with Gasteiger partial charge in [0.25, 0.3) is 0 Å². The molecular formula is C23H33N7. The lowest BCUT2D eigenvalue weighted by Gasteiger charge is -2.27. The third-order valence-electron chi connectivity index (χ3n) is 5.60. The molecule has 30 heavy (non-hydrogen) atoms. The third kappa shape index (κ3) is 5.09. The summed E-state index contributed by atoms with van der Waals surface area (Å²) in [6.45, 7) is 11.6. The molecule has 0 spiro atoms. The van der Waals surface area contributed by atoms with Crippen molar-refractivity contribution < 1.29 is 0 Å². The number of nitrogens with zero attached hydrogens (tertiary/aromatic N) is 4. The summed E-state index contributed by atoms with van der Waals surface area (Å²) >= 11 is 0. The van der Waals surface area contributed by atoms with Crippen LogP contribution in [0.25, 0.3) is 5.65 Å². The number of anilines is 2. The van der Waals surface area contributed by atoms with Crippen LogP contribution in [0.4, 0.5) is 11.6 Å². The molecule has 1 saturated heterocycles. The summed E-state index contributed by atoms with van der Waals surface area (Å²) in [6.07, 6.45) is 3.05. The zero-order chi connectivity index (χ0) is 20.8. The molecule has 1 aliphatic heterocycles. The number of piperazine rings is 1. The molecule has 0 radical (unpaired) electrons. The van der Waals surface area contributed by atoms with Crippen molar-refractivity contribution in [1.82, 2.24) is 24.8 Å². The van der Waals surface area contributed by atoms with Gasteiger partial charge in [-0.3, -0.25) is 0 Å². The molecule has 1 aliphatic rings. The Morgan fingerprint density at radius 1 is 1.10 bits per heavy atom. The molecule has 160 valence electrons. The molecule has 2 aromatic heterocycles. The molecule has 0 saturated carbocycles. The molecular weight excluding hydrogens is 374 g/mol. The van der Waals surface area contributed by atoms with Crippen molar-refractivity contribution in [2.24, 2.45) is 0 Å². The van der Waals surface area contributed by atoms with Crippen molar-refractivity contribution in [1.29, 1.82) is 0 Å². The van der Waals surface area contributed by atoms with E-state index < -0.39 is 0 Å². The summed E-state index contributed by atoms with van der Waals surface area (Å²) in [6, 6.07) is 12.5. The first kappa shape index (κ1) is 20.6. The molecule has 1 fully saturated rings. The highest BCUT2D eigenvalue weighted by Gasteiger charge is 2.14. The largest absolute Gasteiger partial charge is 0.370 e. The normalized spacial score (nSPS) is 15.0. The molecule has 0 atom stereocenters. The maximum absolute atomic E-state index is 4.88. The molecule has 7 nitrogen and oxygen atoms in total. The van der Waals surface area contributed by atoms with Gasteiger partial charge < -0.3 is 20.9 Å². The van der Waals surface area contributed by atoms with Crippen LogP contribution in [0.15, 0.2) is 42.6 Å². The van der Waals surface area contributed by atoms with Crippen molar-refractivity contribution in [3.8, 4) is 0 Å². The van der Waals surface area contributed by atoms with Gasteiger partial charge in [-0.2, -0.15) is 9.61 Å². The van der Waals surface area contributed by atoms with Crippen LogP contribution in [0.5, 0.6) is 0 Å². The van der Waals surface area contributed by atoms with E-state index in [-0.39, 0.29) is 0 Å². The van der Waals surface area contributed by atoms with E-state index in [1.54, 1.807) is 0 Å². The van der Waals surface area contributed by atoms with E-state index in [9.17, 15) is 0 Å². The Kier molecular flexibility index (Phi) is 6.81. The minimum Gasteiger partial charge on any atom is -0.370 e. The first-order valence-corrected chi connectivity index (χ1v) is 11.0. The fraction of sp³-hybridized carbons (Fsp3) is 0.478. The summed E-state index contributed by atoms with van der Waals surface area (Å²) in [7, 11) is 0. The van der Waals surface area contributed by atoms with E-state index >= 15 is 0 Å². The van der Waals surface area contributed by atoms with Gasteiger partial charge in [-0.25, -0.2) is 4.98 Å². The van der Waals surface area contributed by atoms with Gasteiger partial charge in [0.05, 0.1) is 6.20 Å². The Labute approximate surface area is 178 Å². The summed E-state index contributed by atoms with van der Waals surface area (Å²) in [5.74, 6) is 2.24. The third-order valence-corrected chi connectivity index (χ3v) is 5.60. The second kappa shape index (κ2) is 9.91. The van der Waals surface area contributed by atoms with Crippen LogP contribution in [0.2, 0.25) is 0 Å². The van der Waals surface area contributed by atoms with E-state index in [1.807, 2.05) is 16.8 Å². The molecule has 7 heteroatoms. The maximum Gasteiger partial charge on any atom is 0.163 e. The first-order valence-electron chi connectivity index (χ1n) is 11.0. The monoisotopic (exact) mass is 407 g/mol. The smallest absolute Gasteiger partial charge is 0.163 e. The maximum atomic E-state index is 4.88. The number of fused-ring (bicyclic) bond motifs is 1. The van der Waals surface area contributed by atoms with Gasteiger partial charge in [-0.05, 0) is 24.4 Å². The van der Waals surface area contributed by atoms with Gasteiger partial charge in [0.2, 0.25) is 0 Å². The number of nitrogens with one attached hydrogen (secondary N) is 3. The van der Waals surface area contributed by atoms with E-state index in [2.05, 4.69) is 70.1 Å². The molecule has 4 rings (SSSR count). The lowest BCUT2D eigenvalue weighted by Crippen LogP contribution is -2.44. The Hall–Kier alpha value is -2.64. The number of hydrogen-bond acceptors (Lipinski definition) is 6. The van der Waals surface area contributed by atoms with E-state index in [0.717, 1.165) is 69.5 Å². The molecule has 0 unspecified atom stereocenters. The van der Waals surface area contributed by atoms with Crippen molar-refractivity contribution >= 4 is 17.3 Å². The lowest BCUT2D eigenvalue weighted by molar-refractivity contribution is 0.240. The van der Waals surface area contributed by atoms with Crippen molar-refractivity contribution in [2.75, 3.05) is 49.9 Å². The number of rotatable bonds is 9. The Balaban J connectivity index is 1.46. The van der Waals surface area contributed by atoms with Crippen LogP contribution in [0.3, 0.4) is 0 Å². The number of hydrogen-bond donors (Lipinski definition) is 3. The summed E-state index contributed by atoms with van der Waals surface area (Å²) in [5, 5.41) is 15.1. The summed E-state index contributed by atoms with van der Waals surface area (Å²) in [5.41, 5.74) is 3.33. The predicted molar refractivity (Wildman–Crippen MR) is 123 cm³/mol. The van der Waals surface area contributed by atoms with Crippen molar-refractivity contribution in [2.45, 2.75) is 32.7 Å². The van der Waals surface area contributed by atoms with Gasteiger partial charge in [-0.1, -0.05) is 44.2 Å². The van der Waals surface area contributed by atoms with Gasteiger partial charge >= 0.3 is 0 Å². The minimum atomic E-state index is 0.375. The van der Waals surface area contributed by atoms with Crippen LogP contribution in [0.1, 0.15) is 37.3 Å². The van der Waals surface area contributed by atoms with Crippen LogP contribution >= 0.6 is 0 Å². The summed E-state index contributed by atoms with van der Waals surface area (Å²) in [4.78, 5) is 7.41. The molecule has 3 N–H and O–H groups in total. The van der Waals surface area contributed by atoms with E-state index in [0.29, 0.717) is 5.92 Å². The van der Waals surface area contributed by atoms with Crippen LogP contribution in [-0.4, -0.2) is 58.8 Å². The van der Waals surface area contributed by atoms with Crippen LogP contribution < -0.4 is 16.0 Å². The number of benzene rings is 1. The van der Waals surface area contributed by atoms with Crippen LogP contribution in [0, 0.1) is 0 Å². The standard InChI is InChI=1S/C23H33N7/c1-18(2)20-17-27-30-22(26-16-19-7-4-3-5-8-19)15-21(28-23(20)30)25-9-6-12-29-13-10-24-11-14-29/h3-5,7-8,15,17-18,24,26H,6,9-14,16H2,1-2H3,(H,25,28).